The van der Waals surface area contributed by atoms with Gasteiger partial charge in [-0.15, -0.1) is 10.2 Å². The highest BCUT2D eigenvalue weighted by atomic mass is 35.5. The first kappa shape index (κ1) is 14.1. The summed E-state index contributed by atoms with van der Waals surface area (Å²) in [5.74, 6) is 0.151. The summed E-state index contributed by atoms with van der Waals surface area (Å²) in [6.07, 6.45) is 1.74. The van der Waals surface area contributed by atoms with Gasteiger partial charge in [-0.1, -0.05) is 24.9 Å². The lowest BCUT2D eigenvalue weighted by Gasteiger charge is -2.17. The van der Waals surface area contributed by atoms with Gasteiger partial charge in [-0.25, -0.2) is 0 Å². The van der Waals surface area contributed by atoms with Crippen LogP contribution in [0.15, 0.2) is 12.1 Å². The largest absolute Gasteiger partial charge is 0.302 e. The maximum Gasteiger partial charge on any atom is 0.302 e. The molecular weight excluding hydrogens is 264 g/mol. The summed E-state index contributed by atoms with van der Waals surface area (Å²) >= 11 is 5.55. The van der Waals surface area contributed by atoms with E-state index >= 15 is 0 Å². The van der Waals surface area contributed by atoms with Gasteiger partial charge in [0.25, 0.3) is 0 Å². The molecule has 1 heterocycles. The molecule has 96 valence electrons. The lowest BCUT2D eigenvalue weighted by Crippen LogP contribution is -2.33. The number of unbranched alkanes of at least 4 members (excludes halogenated alkanes) is 1. The number of halogens is 1. The Hall–Kier alpha value is -0.920. The molecule has 0 bridgehead atoms. The van der Waals surface area contributed by atoms with Gasteiger partial charge in [0.05, 0.1) is 0 Å². The van der Waals surface area contributed by atoms with Crippen molar-refractivity contribution in [2.24, 2.45) is 0 Å². The second-order valence-electron chi connectivity index (χ2n) is 3.52. The highest BCUT2D eigenvalue weighted by Crippen LogP contribution is 2.09. The highest BCUT2D eigenvalue weighted by Gasteiger charge is 2.17. The summed E-state index contributed by atoms with van der Waals surface area (Å²) in [5, 5.41) is 7.40. The van der Waals surface area contributed by atoms with Crippen LogP contribution in [0.3, 0.4) is 0 Å². The molecule has 0 saturated carbocycles. The zero-order valence-corrected chi connectivity index (χ0v) is 11.3. The first-order valence-corrected chi connectivity index (χ1v) is 7.01. The van der Waals surface area contributed by atoms with E-state index in [1.807, 2.05) is 6.92 Å². The summed E-state index contributed by atoms with van der Waals surface area (Å²) in [6, 6.07) is 2.93. The number of nitrogens with zero attached hydrogens (tertiary/aromatic N) is 3. The van der Waals surface area contributed by atoms with Gasteiger partial charge in [-0.05, 0) is 18.6 Å². The molecule has 0 radical (unpaired) electrons. The predicted octanol–water partition coefficient (Wildman–Crippen LogP) is 1.52. The van der Waals surface area contributed by atoms with Crippen molar-refractivity contribution in [1.82, 2.24) is 14.5 Å². The van der Waals surface area contributed by atoms with Crippen LogP contribution in [0.5, 0.6) is 0 Å². The summed E-state index contributed by atoms with van der Waals surface area (Å²) in [5.41, 5.74) is 0. The van der Waals surface area contributed by atoms with Crippen LogP contribution in [0, 0.1) is 0 Å². The van der Waals surface area contributed by atoms with Crippen LogP contribution < -0.4 is 4.72 Å². The molecule has 17 heavy (non-hydrogen) atoms. The van der Waals surface area contributed by atoms with Crippen LogP contribution in [0.2, 0.25) is 5.15 Å². The van der Waals surface area contributed by atoms with Crippen LogP contribution in [-0.4, -0.2) is 36.5 Å². The minimum Gasteiger partial charge on any atom is -0.253 e. The van der Waals surface area contributed by atoms with Gasteiger partial charge < -0.3 is 0 Å². The summed E-state index contributed by atoms with van der Waals surface area (Å²) < 4.78 is 27.2. The van der Waals surface area contributed by atoms with Crippen molar-refractivity contribution >= 4 is 27.6 Å². The Labute approximate surface area is 106 Å². The maximum atomic E-state index is 11.8. The monoisotopic (exact) mass is 278 g/mol. The van der Waals surface area contributed by atoms with Gasteiger partial charge in [0.15, 0.2) is 11.0 Å². The van der Waals surface area contributed by atoms with Crippen LogP contribution >= 0.6 is 11.6 Å². The standard InChI is InChI=1S/C9H15ClN4O2S/c1-3-4-7-14(2)17(15,16)13-9-6-5-8(10)11-12-9/h5-6H,3-4,7H2,1-2H3,(H,12,13). The molecule has 1 aromatic heterocycles. The average Bonchev–Trinajstić information content (AvgIpc) is 2.28. The van der Waals surface area contributed by atoms with Crippen LogP contribution in [0.1, 0.15) is 19.8 Å². The van der Waals surface area contributed by atoms with Gasteiger partial charge in [0, 0.05) is 13.6 Å². The molecule has 0 unspecified atom stereocenters. The molecule has 1 aromatic rings. The van der Waals surface area contributed by atoms with Gasteiger partial charge in [0.2, 0.25) is 0 Å². The second-order valence-corrected chi connectivity index (χ2v) is 5.69. The Bertz CT molecular complexity index is 449. The first-order chi connectivity index (χ1) is 7.95. The van der Waals surface area contributed by atoms with E-state index in [0.717, 1.165) is 12.8 Å². The van der Waals surface area contributed by atoms with Crippen LogP contribution in [-0.2, 0) is 10.2 Å². The lowest BCUT2D eigenvalue weighted by molar-refractivity contribution is 0.463. The Balaban J connectivity index is 2.69. The molecule has 6 nitrogen and oxygen atoms in total. The summed E-state index contributed by atoms with van der Waals surface area (Å²) in [6.45, 7) is 2.46. The summed E-state index contributed by atoms with van der Waals surface area (Å²) in [4.78, 5) is 0. The minimum absolute atomic E-state index is 0.151. The predicted molar refractivity (Wildman–Crippen MR) is 67.1 cm³/mol. The van der Waals surface area contributed by atoms with E-state index in [0.29, 0.717) is 6.54 Å². The minimum atomic E-state index is -3.56. The molecular formula is C9H15ClN4O2S. The fraction of sp³-hybridized carbons (Fsp3) is 0.556. The molecule has 0 aliphatic rings. The van der Waals surface area contributed by atoms with Crippen molar-refractivity contribution in [3.8, 4) is 0 Å². The summed E-state index contributed by atoms with van der Waals surface area (Å²) in [7, 11) is -2.05. The van der Waals surface area contributed by atoms with Crippen molar-refractivity contribution in [2.75, 3.05) is 18.3 Å². The van der Waals surface area contributed by atoms with Crippen LogP contribution in [0.4, 0.5) is 5.82 Å². The third kappa shape index (κ3) is 4.45. The fourth-order valence-corrected chi connectivity index (χ4v) is 2.08. The third-order valence-corrected chi connectivity index (χ3v) is 3.77. The second kappa shape index (κ2) is 6.13. The third-order valence-electron chi connectivity index (χ3n) is 2.10. The van der Waals surface area contributed by atoms with Gasteiger partial charge >= 0.3 is 10.2 Å². The zero-order valence-electron chi connectivity index (χ0n) is 9.72. The number of nitrogens with one attached hydrogen (secondary N) is 1. The maximum absolute atomic E-state index is 11.8. The molecule has 0 spiro atoms. The van der Waals surface area contributed by atoms with E-state index in [9.17, 15) is 8.42 Å². The molecule has 1 rings (SSSR count). The first-order valence-electron chi connectivity index (χ1n) is 5.19. The molecule has 0 aliphatic carbocycles. The Morgan fingerprint density at radius 3 is 2.65 bits per heavy atom. The molecule has 0 amide bonds. The van der Waals surface area contributed by atoms with Crippen LogP contribution in [0.25, 0.3) is 0 Å². The number of anilines is 1. The number of hydrogen-bond acceptors (Lipinski definition) is 4. The Morgan fingerprint density at radius 1 is 1.41 bits per heavy atom. The Morgan fingerprint density at radius 2 is 2.12 bits per heavy atom. The van der Waals surface area contributed by atoms with E-state index in [1.165, 1.54) is 23.5 Å². The van der Waals surface area contributed by atoms with Crippen molar-refractivity contribution in [1.29, 1.82) is 0 Å². The highest BCUT2D eigenvalue weighted by molar-refractivity contribution is 7.90. The number of aromatic nitrogens is 2. The Kier molecular flexibility index (Phi) is 5.10. The average molecular weight is 279 g/mol. The molecule has 0 fully saturated rings. The topological polar surface area (TPSA) is 75.2 Å². The number of rotatable bonds is 6. The van der Waals surface area contributed by atoms with E-state index in [-0.39, 0.29) is 11.0 Å². The molecule has 0 aromatic carbocycles. The lowest BCUT2D eigenvalue weighted by atomic mass is 10.3. The molecule has 1 N–H and O–H groups in total. The van der Waals surface area contributed by atoms with E-state index in [4.69, 9.17) is 11.6 Å². The normalized spacial score (nSPS) is 11.8. The quantitative estimate of drug-likeness (QED) is 0.856. The van der Waals surface area contributed by atoms with E-state index < -0.39 is 10.2 Å². The fourth-order valence-electron chi connectivity index (χ4n) is 1.08. The molecule has 8 heteroatoms. The molecule has 0 aliphatic heterocycles. The zero-order chi connectivity index (χ0) is 12.9. The van der Waals surface area contributed by atoms with Crippen molar-refractivity contribution in [3.05, 3.63) is 17.3 Å². The SMILES string of the molecule is CCCCN(C)S(=O)(=O)Nc1ccc(Cl)nn1. The molecule has 0 saturated heterocycles. The molecule has 0 atom stereocenters. The van der Waals surface area contributed by atoms with Gasteiger partial charge in [0.1, 0.15) is 0 Å². The smallest absolute Gasteiger partial charge is 0.253 e. The number of hydrogen-bond donors (Lipinski definition) is 1. The van der Waals surface area contributed by atoms with E-state index in [1.54, 1.807) is 0 Å². The van der Waals surface area contributed by atoms with Gasteiger partial charge in [-0.3, -0.25) is 4.72 Å². The van der Waals surface area contributed by atoms with Crippen molar-refractivity contribution in [2.45, 2.75) is 19.8 Å². The van der Waals surface area contributed by atoms with Crippen molar-refractivity contribution < 1.29 is 8.42 Å². The van der Waals surface area contributed by atoms with Gasteiger partial charge in [-0.2, -0.15) is 12.7 Å². The van der Waals surface area contributed by atoms with E-state index in [2.05, 4.69) is 14.9 Å². The van der Waals surface area contributed by atoms with Crippen molar-refractivity contribution in [3.63, 3.8) is 0 Å².